The van der Waals surface area contributed by atoms with Gasteiger partial charge in [0.05, 0.1) is 6.04 Å². The lowest BCUT2D eigenvalue weighted by atomic mass is 10.0. The van der Waals surface area contributed by atoms with Crippen molar-refractivity contribution in [2.45, 2.75) is 26.0 Å². The van der Waals surface area contributed by atoms with Gasteiger partial charge in [-0.1, -0.05) is 43.3 Å². The van der Waals surface area contributed by atoms with Crippen LogP contribution in [0.1, 0.15) is 25.5 Å². The monoisotopic (exact) mass is 233 g/mol. The topological polar surface area (TPSA) is 49.3 Å². The number of hydrogen-bond donors (Lipinski definition) is 2. The van der Waals surface area contributed by atoms with Crippen molar-refractivity contribution in [2.75, 3.05) is 0 Å². The van der Waals surface area contributed by atoms with Gasteiger partial charge in [0.15, 0.2) is 0 Å². The average molecular weight is 233 g/mol. The summed E-state index contributed by atoms with van der Waals surface area (Å²) in [5, 5.41) is 12.5. The number of aliphatic hydroxyl groups is 1. The van der Waals surface area contributed by atoms with E-state index < -0.39 is 6.10 Å². The Hall–Kier alpha value is -1.61. The number of amides is 1. The minimum Gasteiger partial charge on any atom is -0.383 e. The molecule has 17 heavy (non-hydrogen) atoms. The minimum atomic E-state index is -1.04. The molecular weight excluding hydrogens is 214 g/mol. The maximum atomic E-state index is 11.7. The van der Waals surface area contributed by atoms with Gasteiger partial charge in [-0.15, -0.1) is 6.58 Å². The van der Waals surface area contributed by atoms with Crippen molar-refractivity contribution in [3.05, 3.63) is 48.6 Å². The van der Waals surface area contributed by atoms with Gasteiger partial charge in [0.25, 0.3) is 0 Å². The van der Waals surface area contributed by atoms with Gasteiger partial charge in [-0.05, 0) is 12.5 Å². The van der Waals surface area contributed by atoms with E-state index in [4.69, 9.17) is 0 Å². The number of carbonyl (C=O) groups is 1. The van der Waals surface area contributed by atoms with Gasteiger partial charge in [-0.3, -0.25) is 4.79 Å². The molecule has 3 nitrogen and oxygen atoms in total. The smallest absolute Gasteiger partial charge is 0.249 e. The van der Waals surface area contributed by atoms with E-state index in [0.29, 0.717) is 0 Å². The van der Waals surface area contributed by atoms with Crippen LogP contribution in [0.25, 0.3) is 0 Å². The van der Waals surface area contributed by atoms with Gasteiger partial charge in [0.1, 0.15) is 6.10 Å². The van der Waals surface area contributed by atoms with Crippen molar-refractivity contribution in [3.8, 4) is 0 Å². The summed E-state index contributed by atoms with van der Waals surface area (Å²) in [6.07, 6.45) is 0.524. The first-order valence-electron chi connectivity index (χ1n) is 5.72. The lowest BCUT2D eigenvalue weighted by Crippen LogP contribution is -2.39. The molecule has 0 aliphatic carbocycles. The van der Waals surface area contributed by atoms with Gasteiger partial charge in [-0.2, -0.15) is 0 Å². The Balaban J connectivity index is 2.60. The molecule has 0 spiro atoms. The Morgan fingerprint density at radius 2 is 1.94 bits per heavy atom. The SMILES string of the molecule is C=C[C@H](C)[C@@H](O)C(=O)N[C@@H](C)c1ccccc1. The molecule has 1 amide bonds. The van der Waals surface area contributed by atoms with Gasteiger partial charge >= 0.3 is 0 Å². The van der Waals surface area contributed by atoms with Crippen molar-refractivity contribution in [1.82, 2.24) is 5.32 Å². The average Bonchev–Trinajstić information content (AvgIpc) is 2.37. The van der Waals surface area contributed by atoms with E-state index in [2.05, 4.69) is 11.9 Å². The van der Waals surface area contributed by atoms with Crippen LogP contribution in [0.4, 0.5) is 0 Å². The fourth-order valence-electron chi connectivity index (χ4n) is 1.49. The van der Waals surface area contributed by atoms with E-state index in [1.807, 2.05) is 37.3 Å². The second-order valence-corrected chi connectivity index (χ2v) is 4.18. The maximum Gasteiger partial charge on any atom is 0.249 e. The van der Waals surface area contributed by atoms with Crippen molar-refractivity contribution < 1.29 is 9.90 Å². The summed E-state index contributed by atoms with van der Waals surface area (Å²) >= 11 is 0. The first-order chi connectivity index (χ1) is 8.06. The number of hydrogen-bond acceptors (Lipinski definition) is 2. The molecule has 0 fully saturated rings. The van der Waals surface area contributed by atoms with Crippen molar-refractivity contribution in [3.63, 3.8) is 0 Å². The van der Waals surface area contributed by atoms with Gasteiger partial charge in [0, 0.05) is 5.92 Å². The molecule has 2 N–H and O–H groups in total. The highest BCUT2D eigenvalue weighted by molar-refractivity contribution is 5.81. The van der Waals surface area contributed by atoms with E-state index in [-0.39, 0.29) is 17.9 Å². The molecule has 0 aliphatic heterocycles. The Morgan fingerprint density at radius 1 is 1.35 bits per heavy atom. The molecule has 0 aromatic heterocycles. The zero-order valence-electron chi connectivity index (χ0n) is 10.3. The number of carbonyl (C=O) groups excluding carboxylic acids is 1. The zero-order chi connectivity index (χ0) is 12.8. The Kier molecular flexibility index (Phi) is 4.91. The first kappa shape index (κ1) is 13.5. The molecule has 1 rings (SSSR count). The van der Waals surface area contributed by atoms with Gasteiger partial charge in [0.2, 0.25) is 5.91 Å². The van der Waals surface area contributed by atoms with E-state index in [0.717, 1.165) is 5.56 Å². The fourth-order valence-corrected chi connectivity index (χ4v) is 1.49. The second kappa shape index (κ2) is 6.21. The molecule has 0 aliphatic rings. The Morgan fingerprint density at radius 3 is 2.47 bits per heavy atom. The largest absolute Gasteiger partial charge is 0.383 e. The Bertz CT molecular complexity index is 375. The van der Waals surface area contributed by atoms with Crippen molar-refractivity contribution in [2.24, 2.45) is 5.92 Å². The molecule has 0 heterocycles. The summed E-state index contributed by atoms with van der Waals surface area (Å²) in [5.41, 5.74) is 1.01. The molecule has 3 heteroatoms. The molecule has 0 radical (unpaired) electrons. The minimum absolute atomic E-state index is 0.115. The highest BCUT2D eigenvalue weighted by Gasteiger charge is 2.21. The van der Waals surface area contributed by atoms with E-state index >= 15 is 0 Å². The summed E-state index contributed by atoms with van der Waals surface area (Å²) in [6.45, 7) is 7.20. The van der Waals surface area contributed by atoms with E-state index in [9.17, 15) is 9.90 Å². The van der Waals surface area contributed by atoms with Crippen LogP contribution in [0.2, 0.25) is 0 Å². The molecule has 0 saturated heterocycles. The molecule has 92 valence electrons. The predicted octanol–water partition coefficient (Wildman–Crippen LogP) is 2.05. The second-order valence-electron chi connectivity index (χ2n) is 4.18. The highest BCUT2D eigenvalue weighted by Crippen LogP contribution is 2.12. The van der Waals surface area contributed by atoms with Crippen LogP contribution in [-0.2, 0) is 4.79 Å². The lowest BCUT2D eigenvalue weighted by molar-refractivity contribution is -0.131. The summed E-state index contributed by atoms with van der Waals surface area (Å²) in [4.78, 5) is 11.7. The standard InChI is InChI=1S/C14H19NO2/c1-4-10(2)13(16)14(17)15-11(3)12-8-6-5-7-9-12/h4-11,13,16H,1H2,2-3H3,(H,15,17)/t10-,11-,13+/m0/s1. The van der Waals surface area contributed by atoms with Crippen LogP contribution >= 0.6 is 0 Å². The molecule has 0 saturated carbocycles. The maximum absolute atomic E-state index is 11.7. The molecule has 1 aromatic carbocycles. The molecule has 3 atom stereocenters. The van der Waals surface area contributed by atoms with Gasteiger partial charge in [-0.25, -0.2) is 0 Å². The van der Waals surface area contributed by atoms with E-state index in [1.165, 1.54) is 0 Å². The number of rotatable bonds is 5. The van der Waals surface area contributed by atoms with Gasteiger partial charge < -0.3 is 10.4 Å². The van der Waals surface area contributed by atoms with Crippen LogP contribution in [0.5, 0.6) is 0 Å². The molecule has 0 bridgehead atoms. The quantitative estimate of drug-likeness (QED) is 0.765. The molecule has 1 aromatic rings. The molecule has 0 unspecified atom stereocenters. The number of nitrogens with one attached hydrogen (secondary N) is 1. The molecular formula is C14H19NO2. The third kappa shape index (κ3) is 3.71. The predicted molar refractivity (Wildman–Crippen MR) is 68.4 cm³/mol. The summed E-state index contributed by atoms with van der Waals surface area (Å²) in [5.74, 6) is -0.619. The van der Waals surface area contributed by atoms with Crippen LogP contribution in [0.3, 0.4) is 0 Å². The Labute approximate surface area is 102 Å². The fraction of sp³-hybridized carbons (Fsp3) is 0.357. The number of benzene rings is 1. The van der Waals surface area contributed by atoms with Crippen LogP contribution in [0.15, 0.2) is 43.0 Å². The zero-order valence-corrected chi connectivity index (χ0v) is 10.3. The normalized spacial score (nSPS) is 15.7. The van der Waals surface area contributed by atoms with Crippen molar-refractivity contribution in [1.29, 1.82) is 0 Å². The number of aliphatic hydroxyl groups excluding tert-OH is 1. The summed E-state index contributed by atoms with van der Waals surface area (Å²) < 4.78 is 0. The van der Waals surface area contributed by atoms with Crippen molar-refractivity contribution >= 4 is 5.91 Å². The van der Waals surface area contributed by atoms with Crippen LogP contribution < -0.4 is 5.32 Å². The summed E-state index contributed by atoms with van der Waals surface area (Å²) in [6, 6.07) is 9.52. The summed E-state index contributed by atoms with van der Waals surface area (Å²) in [7, 11) is 0. The third-order valence-electron chi connectivity index (χ3n) is 2.80. The third-order valence-corrected chi connectivity index (χ3v) is 2.80. The lowest BCUT2D eigenvalue weighted by Gasteiger charge is -2.19. The van der Waals surface area contributed by atoms with Crippen LogP contribution in [0, 0.1) is 5.92 Å². The first-order valence-corrected chi connectivity index (χ1v) is 5.72. The highest BCUT2D eigenvalue weighted by atomic mass is 16.3. The van der Waals surface area contributed by atoms with Crippen LogP contribution in [-0.4, -0.2) is 17.1 Å². The van der Waals surface area contributed by atoms with E-state index in [1.54, 1.807) is 13.0 Å².